The molecular weight excluding hydrogens is 470 g/mol. The number of rotatable bonds is 5. The summed E-state index contributed by atoms with van der Waals surface area (Å²) in [4.78, 5) is 8.70. The Morgan fingerprint density at radius 1 is 1.07 bits per heavy atom. The number of aliphatic imine (C=N–C) groups is 1. The molecule has 0 saturated carbocycles. The summed E-state index contributed by atoms with van der Waals surface area (Å²) in [5.41, 5.74) is 4.54. The van der Waals surface area contributed by atoms with Gasteiger partial charge in [-0.15, -0.1) is 24.0 Å². The molecule has 0 aliphatic carbocycles. The molecule has 28 heavy (non-hydrogen) atoms. The van der Waals surface area contributed by atoms with Gasteiger partial charge in [0.25, 0.3) is 0 Å². The second-order valence-electron chi connectivity index (χ2n) is 6.37. The summed E-state index contributed by atoms with van der Waals surface area (Å²) in [5, 5.41) is 6.40. The maximum atomic E-state index is 13.3. The fourth-order valence-corrected chi connectivity index (χ4v) is 2.61. The van der Waals surface area contributed by atoms with Crippen LogP contribution in [0.1, 0.15) is 22.4 Å². The van der Waals surface area contributed by atoms with Crippen molar-refractivity contribution >= 4 is 29.9 Å². The van der Waals surface area contributed by atoms with Crippen molar-refractivity contribution in [2.24, 2.45) is 4.99 Å². The molecule has 0 aliphatic heterocycles. The van der Waals surface area contributed by atoms with Crippen molar-refractivity contribution in [1.82, 2.24) is 15.6 Å². The molecule has 148 valence electrons. The molecule has 2 N–H and O–H groups in total. The van der Waals surface area contributed by atoms with Crippen molar-refractivity contribution in [2.75, 3.05) is 7.05 Å². The van der Waals surface area contributed by atoms with Gasteiger partial charge in [0.2, 0.25) is 5.89 Å². The van der Waals surface area contributed by atoms with Gasteiger partial charge in [-0.25, -0.2) is 9.37 Å². The van der Waals surface area contributed by atoms with E-state index in [9.17, 15) is 4.39 Å². The van der Waals surface area contributed by atoms with Gasteiger partial charge in [-0.3, -0.25) is 4.99 Å². The van der Waals surface area contributed by atoms with E-state index in [0.717, 1.165) is 16.8 Å². The lowest BCUT2D eigenvalue weighted by Gasteiger charge is -2.11. The topological polar surface area (TPSA) is 62.5 Å². The summed E-state index contributed by atoms with van der Waals surface area (Å²) >= 11 is 0. The van der Waals surface area contributed by atoms with Crippen molar-refractivity contribution in [3.05, 3.63) is 76.9 Å². The molecule has 0 aliphatic rings. The van der Waals surface area contributed by atoms with Crippen molar-refractivity contribution in [1.29, 1.82) is 0 Å². The zero-order chi connectivity index (χ0) is 19.2. The molecule has 2 aromatic carbocycles. The highest BCUT2D eigenvalue weighted by atomic mass is 127. The van der Waals surface area contributed by atoms with Gasteiger partial charge < -0.3 is 15.1 Å². The first-order chi connectivity index (χ1) is 13.0. The summed E-state index contributed by atoms with van der Waals surface area (Å²) in [6.07, 6.45) is 1.64. The monoisotopic (exact) mass is 494 g/mol. The van der Waals surface area contributed by atoms with E-state index in [1.165, 1.54) is 11.6 Å². The molecule has 0 bridgehead atoms. The van der Waals surface area contributed by atoms with E-state index in [0.29, 0.717) is 30.5 Å². The van der Waals surface area contributed by atoms with Crippen LogP contribution in [0.4, 0.5) is 4.39 Å². The number of aromatic nitrogens is 1. The number of nitrogens with one attached hydrogen (secondary N) is 2. The highest BCUT2D eigenvalue weighted by Gasteiger charge is 2.07. The summed E-state index contributed by atoms with van der Waals surface area (Å²) in [6, 6.07) is 13.1. The SMILES string of the molecule is CN=C(NCc1ccc(F)c(C)c1)NCc1coc(-c2ccc(C)cc2)n1.I. The second-order valence-corrected chi connectivity index (χ2v) is 6.37. The number of guanidine groups is 1. The maximum absolute atomic E-state index is 13.3. The minimum atomic E-state index is -0.198. The van der Waals surface area contributed by atoms with Gasteiger partial charge in [0.05, 0.1) is 12.2 Å². The van der Waals surface area contributed by atoms with E-state index < -0.39 is 0 Å². The van der Waals surface area contributed by atoms with Gasteiger partial charge in [0.15, 0.2) is 5.96 Å². The van der Waals surface area contributed by atoms with Gasteiger partial charge in [-0.1, -0.05) is 29.8 Å². The van der Waals surface area contributed by atoms with E-state index in [1.54, 1.807) is 26.3 Å². The van der Waals surface area contributed by atoms with E-state index in [-0.39, 0.29) is 29.8 Å². The van der Waals surface area contributed by atoms with E-state index >= 15 is 0 Å². The Hall–Kier alpha value is -2.42. The highest BCUT2D eigenvalue weighted by molar-refractivity contribution is 14.0. The number of nitrogens with zero attached hydrogens (tertiary/aromatic N) is 2. The molecule has 3 aromatic rings. The summed E-state index contributed by atoms with van der Waals surface area (Å²) < 4.78 is 18.9. The smallest absolute Gasteiger partial charge is 0.226 e. The first kappa shape index (κ1) is 21.9. The van der Waals surface area contributed by atoms with Crippen LogP contribution < -0.4 is 10.6 Å². The zero-order valence-electron chi connectivity index (χ0n) is 16.1. The van der Waals surface area contributed by atoms with E-state index in [2.05, 4.69) is 20.6 Å². The zero-order valence-corrected chi connectivity index (χ0v) is 18.5. The van der Waals surface area contributed by atoms with Crippen LogP contribution in [-0.2, 0) is 13.1 Å². The van der Waals surface area contributed by atoms with Crippen molar-refractivity contribution < 1.29 is 8.81 Å². The fraction of sp³-hybridized carbons (Fsp3) is 0.238. The quantitative estimate of drug-likeness (QED) is 0.310. The summed E-state index contributed by atoms with van der Waals surface area (Å²) in [5.74, 6) is 1.03. The number of aryl methyl sites for hydroxylation is 2. The Balaban J connectivity index is 0.00000280. The van der Waals surface area contributed by atoms with Gasteiger partial charge in [-0.05, 0) is 43.2 Å². The minimum absolute atomic E-state index is 0. The highest BCUT2D eigenvalue weighted by Crippen LogP contribution is 2.19. The third kappa shape index (κ3) is 5.79. The summed E-state index contributed by atoms with van der Waals surface area (Å²) in [6.45, 7) is 4.83. The van der Waals surface area contributed by atoms with Crippen LogP contribution in [-0.4, -0.2) is 18.0 Å². The van der Waals surface area contributed by atoms with Crippen LogP contribution in [0.3, 0.4) is 0 Å². The molecular formula is C21H24FIN4O. The number of halogens is 2. The molecule has 0 amide bonds. The van der Waals surface area contributed by atoms with Crippen LogP contribution in [0, 0.1) is 19.7 Å². The Morgan fingerprint density at radius 3 is 2.46 bits per heavy atom. The average molecular weight is 494 g/mol. The molecule has 1 aromatic heterocycles. The normalized spacial score (nSPS) is 11.1. The number of benzene rings is 2. The Labute approximate surface area is 181 Å². The lowest BCUT2D eigenvalue weighted by Crippen LogP contribution is -2.36. The summed E-state index contributed by atoms with van der Waals surface area (Å²) in [7, 11) is 1.70. The van der Waals surface area contributed by atoms with Gasteiger partial charge >= 0.3 is 0 Å². The molecule has 1 heterocycles. The molecule has 0 atom stereocenters. The predicted octanol–water partition coefficient (Wildman–Crippen LogP) is 4.58. The van der Waals surface area contributed by atoms with E-state index in [4.69, 9.17) is 4.42 Å². The predicted molar refractivity (Wildman–Crippen MR) is 120 cm³/mol. The lowest BCUT2D eigenvalue weighted by molar-refractivity contribution is 0.572. The number of hydrogen-bond acceptors (Lipinski definition) is 3. The average Bonchev–Trinajstić information content (AvgIpc) is 3.14. The number of hydrogen-bond donors (Lipinski definition) is 2. The first-order valence-corrected chi connectivity index (χ1v) is 8.76. The molecule has 7 heteroatoms. The molecule has 0 saturated heterocycles. The Kier molecular flexibility index (Phi) is 7.98. The number of oxazole rings is 1. The maximum Gasteiger partial charge on any atom is 0.226 e. The third-order valence-electron chi connectivity index (χ3n) is 4.19. The molecule has 0 spiro atoms. The molecule has 0 fully saturated rings. The largest absolute Gasteiger partial charge is 0.444 e. The van der Waals surface area contributed by atoms with Gasteiger partial charge in [0.1, 0.15) is 12.1 Å². The second kappa shape index (κ2) is 10.2. The molecule has 5 nitrogen and oxygen atoms in total. The Bertz CT molecular complexity index is 938. The van der Waals surface area contributed by atoms with Crippen LogP contribution in [0.15, 0.2) is 58.1 Å². The Morgan fingerprint density at radius 2 is 1.79 bits per heavy atom. The fourth-order valence-electron chi connectivity index (χ4n) is 2.61. The van der Waals surface area contributed by atoms with Crippen LogP contribution in [0.25, 0.3) is 11.5 Å². The third-order valence-corrected chi connectivity index (χ3v) is 4.19. The van der Waals surface area contributed by atoms with Gasteiger partial charge in [0, 0.05) is 19.2 Å². The molecule has 0 unspecified atom stereocenters. The van der Waals surface area contributed by atoms with Crippen molar-refractivity contribution in [3.8, 4) is 11.5 Å². The standard InChI is InChI=1S/C21H23FN4O.HI/c1-14-4-7-17(8-5-14)20-26-18(13-27-20)12-25-21(23-3)24-11-16-6-9-19(22)15(2)10-16;/h4-10,13H,11-12H2,1-3H3,(H2,23,24,25);1H. The van der Waals surface area contributed by atoms with Crippen LogP contribution in [0.5, 0.6) is 0 Å². The van der Waals surface area contributed by atoms with Crippen LogP contribution >= 0.6 is 24.0 Å². The van der Waals surface area contributed by atoms with E-state index in [1.807, 2.05) is 37.3 Å². The van der Waals surface area contributed by atoms with Crippen LogP contribution in [0.2, 0.25) is 0 Å². The molecule has 0 radical (unpaired) electrons. The van der Waals surface area contributed by atoms with Gasteiger partial charge in [-0.2, -0.15) is 0 Å². The molecule has 3 rings (SSSR count). The first-order valence-electron chi connectivity index (χ1n) is 8.76. The van der Waals surface area contributed by atoms with Crippen molar-refractivity contribution in [2.45, 2.75) is 26.9 Å². The lowest BCUT2D eigenvalue weighted by atomic mass is 10.1. The van der Waals surface area contributed by atoms with Crippen molar-refractivity contribution in [3.63, 3.8) is 0 Å². The minimum Gasteiger partial charge on any atom is -0.444 e.